The predicted molar refractivity (Wildman–Crippen MR) is 94.4 cm³/mol. The highest BCUT2D eigenvalue weighted by Gasteiger charge is 2.39. The monoisotopic (exact) mass is 383 g/mol. The molecule has 1 aliphatic heterocycles. The molecule has 0 spiro atoms. The van der Waals surface area contributed by atoms with Gasteiger partial charge in [-0.1, -0.05) is 17.7 Å². The molecule has 0 aliphatic carbocycles. The minimum Gasteiger partial charge on any atom is -0.468 e. The lowest BCUT2D eigenvalue weighted by Gasteiger charge is -2.27. The second-order valence-electron chi connectivity index (χ2n) is 6.46. The second-order valence-corrected chi connectivity index (χ2v) is 10.5. The predicted octanol–water partition coefficient (Wildman–Crippen LogP) is 2.27. The molecular weight excluding hydrogens is 362 g/mol. The van der Waals surface area contributed by atoms with Crippen molar-refractivity contribution in [3.63, 3.8) is 0 Å². The maximum atomic E-state index is 13.3. The molecule has 0 saturated carbocycles. The summed E-state index contributed by atoms with van der Waals surface area (Å²) in [5.41, 5.74) is 1.61. The molecule has 0 radical (unpaired) electrons. The molecule has 2 aromatic rings. The molecule has 8 heteroatoms. The van der Waals surface area contributed by atoms with Gasteiger partial charge in [-0.2, -0.15) is 4.31 Å². The molecule has 1 aromatic heterocycles. The Hall–Kier alpha value is -1.64. The highest BCUT2D eigenvalue weighted by Crippen LogP contribution is 2.29. The quantitative estimate of drug-likeness (QED) is 0.791. The lowest BCUT2D eigenvalue weighted by Crippen LogP contribution is -2.40. The molecule has 6 nitrogen and oxygen atoms in total. The normalized spacial score (nSPS) is 20.2. The first kappa shape index (κ1) is 18.2. The maximum absolute atomic E-state index is 13.3. The van der Waals surface area contributed by atoms with E-state index in [1.165, 1.54) is 10.6 Å². The molecule has 1 atom stereocenters. The third-order valence-corrected chi connectivity index (χ3v) is 8.23. The van der Waals surface area contributed by atoms with Gasteiger partial charge in [-0.05, 0) is 44.0 Å². The van der Waals surface area contributed by atoms with Crippen LogP contribution in [-0.2, 0) is 26.4 Å². The fourth-order valence-corrected chi connectivity index (χ4v) is 6.84. The van der Waals surface area contributed by atoms with Crippen molar-refractivity contribution in [1.29, 1.82) is 0 Å². The van der Waals surface area contributed by atoms with Crippen LogP contribution in [0.3, 0.4) is 0 Å². The minimum absolute atomic E-state index is 0.00865. The van der Waals surface area contributed by atoms with E-state index in [0.717, 1.165) is 5.56 Å². The van der Waals surface area contributed by atoms with Gasteiger partial charge in [0.2, 0.25) is 10.0 Å². The van der Waals surface area contributed by atoms with Gasteiger partial charge in [-0.25, -0.2) is 16.8 Å². The summed E-state index contributed by atoms with van der Waals surface area (Å²) >= 11 is 0. The highest BCUT2D eigenvalue weighted by atomic mass is 32.2. The number of hydrogen-bond acceptors (Lipinski definition) is 5. The Kier molecular flexibility index (Phi) is 4.78. The van der Waals surface area contributed by atoms with Crippen LogP contribution in [0.2, 0.25) is 0 Å². The average molecular weight is 383 g/mol. The zero-order valence-corrected chi connectivity index (χ0v) is 15.8. The first-order valence-electron chi connectivity index (χ1n) is 8.01. The minimum atomic E-state index is -3.85. The first-order chi connectivity index (χ1) is 11.7. The molecule has 2 heterocycles. The lowest BCUT2D eigenvalue weighted by molar-refractivity contribution is 0.306. The number of hydrogen-bond donors (Lipinski definition) is 0. The molecule has 1 aromatic carbocycles. The van der Waals surface area contributed by atoms with Crippen molar-refractivity contribution in [1.82, 2.24) is 4.31 Å². The molecule has 1 aliphatic rings. The van der Waals surface area contributed by atoms with Crippen LogP contribution >= 0.6 is 0 Å². The molecule has 1 fully saturated rings. The third kappa shape index (κ3) is 3.80. The molecule has 0 bridgehead atoms. The maximum Gasteiger partial charge on any atom is 0.244 e. The van der Waals surface area contributed by atoms with Gasteiger partial charge in [0.15, 0.2) is 9.84 Å². The summed E-state index contributed by atoms with van der Waals surface area (Å²) in [6, 6.07) is 7.93. The van der Waals surface area contributed by atoms with Crippen molar-refractivity contribution >= 4 is 19.9 Å². The van der Waals surface area contributed by atoms with Crippen LogP contribution in [0.5, 0.6) is 0 Å². The molecule has 0 unspecified atom stereocenters. The van der Waals surface area contributed by atoms with Gasteiger partial charge in [0.1, 0.15) is 5.76 Å². The Balaban J connectivity index is 2.03. The molecule has 0 amide bonds. The van der Waals surface area contributed by atoms with Gasteiger partial charge in [0, 0.05) is 6.04 Å². The van der Waals surface area contributed by atoms with E-state index >= 15 is 0 Å². The largest absolute Gasteiger partial charge is 0.468 e. The van der Waals surface area contributed by atoms with Gasteiger partial charge in [-0.3, -0.25) is 0 Å². The zero-order chi connectivity index (χ0) is 18.2. The van der Waals surface area contributed by atoms with Crippen molar-refractivity contribution in [2.45, 2.75) is 37.8 Å². The van der Waals surface area contributed by atoms with Gasteiger partial charge in [0.05, 0.1) is 29.2 Å². The summed E-state index contributed by atoms with van der Waals surface area (Å²) < 4.78 is 56.9. The summed E-state index contributed by atoms with van der Waals surface area (Å²) in [5.74, 6) is 0.338. The van der Waals surface area contributed by atoms with Gasteiger partial charge >= 0.3 is 0 Å². The van der Waals surface area contributed by atoms with Crippen LogP contribution in [-0.4, -0.2) is 38.7 Å². The number of rotatable bonds is 5. The molecular formula is C17H21NO5S2. The number of sulfonamides is 1. The van der Waals surface area contributed by atoms with E-state index in [4.69, 9.17) is 4.42 Å². The van der Waals surface area contributed by atoms with E-state index in [9.17, 15) is 16.8 Å². The summed E-state index contributed by atoms with van der Waals surface area (Å²) in [7, 11) is -7.06. The van der Waals surface area contributed by atoms with Crippen LogP contribution in [0.15, 0.2) is 45.9 Å². The summed E-state index contributed by atoms with van der Waals surface area (Å²) in [5, 5.41) is 0. The van der Waals surface area contributed by atoms with Gasteiger partial charge in [0.25, 0.3) is 0 Å². The molecule has 0 N–H and O–H groups in total. The topological polar surface area (TPSA) is 84.7 Å². The summed E-state index contributed by atoms with van der Waals surface area (Å²) in [6.45, 7) is 3.66. The Morgan fingerprint density at radius 1 is 1.24 bits per heavy atom. The van der Waals surface area contributed by atoms with Gasteiger partial charge < -0.3 is 4.42 Å². The van der Waals surface area contributed by atoms with Crippen molar-refractivity contribution in [2.75, 3.05) is 11.5 Å². The fraction of sp³-hybridized carbons (Fsp3) is 0.412. The van der Waals surface area contributed by atoms with E-state index in [-0.39, 0.29) is 22.9 Å². The molecule has 136 valence electrons. The SMILES string of the molecule is Cc1ccc(S(=O)(=O)N(Cc2ccco2)[C@H]2CCS(=O)(=O)C2)c(C)c1. The standard InChI is InChI=1S/C17H21NO5S2/c1-13-5-6-17(14(2)10-13)25(21,22)18(11-16-4-3-8-23-16)15-7-9-24(19,20)12-15/h3-6,8,10,15H,7,9,11-12H2,1-2H3/t15-/m0/s1. The van der Waals surface area contributed by atoms with Gasteiger partial charge in [-0.15, -0.1) is 0 Å². The van der Waals surface area contributed by atoms with E-state index in [0.29, 0.717) is 17.7 Å². The van der Waals surface area contributed by atoms with E-state index in [1.54, 1.807) is 31.2 Å². The van der Waals surface area contributed by atoms with E-state index in [1.807, 2.05) is 13.0 Å². The average Bonchev–Trinajstić information content (AvgIpc) is 3.13. The number of aryl methyl sites for hydroxylation is 2. The van der Waals surface area contributed by atoms with E-state index in [2.05, 4.69) is 0 Å². The molecule has 3 rings (SSSR count). The Bertz CT molecular complexity index is 962. The molecule has 1 saturated heterocycles. The summed E-state index contributed by atoms with van der Waals surface area (Å²) in [4.78, 5) is 0.203. The first-order valence-corrected chi connectivity index (χ1v) is 11.3. The number of benzene rings is 1. The van der Waals surface area contributed by atoms with Crippen molar-refractivity contribution < 1.29 is 21.3 Å². The fourth-order valence-electron chi connectivity index (χ4n) is 3.18. The van der Waals surface area contributed by atoms with Crippen LogP contribution in [0.1, 0.15) is 23.3 Å². The number of furan rings is 1. The Labute approximate surface area is 148 Å². The van der Waals surface area contributed by atoms with Crippen LogP contribution in [0.25, 0.3) is 0 Å². The lowest BCUT2D eigenvalue weighted by atomic mass is 10.2. The Morgan fingerprint density at radius 2 is 2.00 bits per heavy atom. The van der Waals surface area contributed by atoms with Crippen LogP contribution < -0.4 is 0 Å². The molecule has 25 heavy (non-hydrogen) atoms. The van der Waals surface area contributed by atoms with Crippen molar-refractivity contribution in [3.05, 3.63) is 53.5 Å². The third-order valence-electron chi connectivity index (χ3n) is 4.42. The number of nitrogens with zero attached hydrogens (tertiary/aromatic N) is 1. The zero-order valence-electron chi connectivity index (χ0n) is 14.2. The summed E-state index contributed by atoms with van der Waals surface area (Å²) in [6.07, 6.45) is 1.77. The van der Waals surface area contributed by atoms with E-state index < -0.39 is 25.9 Å². The van der Waals surface area contributed by atoms with Crippen LogP contribution in [0.4, 0.5) is 0 Å². The Morgan fingerprint density at radius 3 is 2.56 bits per heavy atom. The second kappa shape index (κ2) is 6.59. The highest BCUT2D eigenvalue weighted by molar-refractivity contribution is 7.92. The number of sulfone groups is 1. The van der Waals surface area contributed by atoms with Crippen LogP contribution in [0, 0.1) is 13.8 Å². The van der Waals surface area contributed by atoms with Crippen molar-refractivity contribution in [2.24, 2.45) is 0 Å². The van der Waals surface area contributed by atoms with Crippen molar-refractivity contribution in [3.8, 4) is 0 Å². The smallest absolute Gasteiger partial charge is 0.244 e.